The van der Waals surface area contributed by atoms with E-state index in [2.05, 4.69) is 113 Å². The first-order valence-corrected chi connectivity index (χ1v) is 12.7. The molecule has 0 bridgehead atoms. The molecule has 168 valence electrons. The first-order valence-electron chi connectivity index (χ1n) is 11.9. The monoisotopic (exact) mass is 476 g/mol. The standard InChI is InChI=1S/C33H20N2S/c1-2-9-26(10-3-1)35-19-17-25-20-30(24(21-31(25)35)16-15-23-8-7-18-34-22-23)29-13-6-12-28-27-11-4-5-14-32(27)36-33(28)29/h1-14,17-22H. The summed E-state index contributed by atoms with van der Waals surface area (Å²) in [5.74, 6) is 6.83. The molecule has 0 N–H and O–H groups in total. The molecule has 3 heteroatoms. The Morgan fingerprint density at radius 1 is 0.694 bits per heavy atom. The van der Waals surface area contributed by atoms with E-state index in [9.17, 15) is 0 Å². The number of hydrogen-bond donors (Lipinski definition) is 0. The molecule has 7 aromatic rings. The second kappa shape index (κ2) is 8.53. The third-order valence-corrected chi connectivity index (χ3v) is 7.78. The Hall–Kier alpha value is -4.65. The molecular formula is C33H20N2S. The highest BCUT2D eigenvalue weighted by Gasteiger charge is 2.15. The summed E-state index contributed by atoms with van der Waals surface area (Å²) < 4.78 is 4.83. The lowest BCUT2D eigenvalue weighted by atomic mass is 9.96. The topological polar surface area (TPSA) is 17.8 Å². The number of pyridine rings is 1. The summed E-state index contributed by atoms with van der Waals surface area (Å²) >= 11 is 1.85. The van der Waals surface area contributed by atoms with E-state index in [1.165, 1.54) is 31.1 Å². The van der Waals surface area contributed by atoms with Crippen LogP contribution in [-0.4, -0.2) is 9.55 Å². The molecule has 3 aromatic heterocycles. The van der Waals surface area contributed by atoms with Gasteiger partial charge in [-0.3, -0.25) is 4.98 Å². The zero-order valence-electron chi connectivity index (χ0n) is 19.3. The van der Waals surface area contributed by atoms with Gasteiger partial charge in [-0.25, -0.2) is 0 Å². The van der Waals surface area contributed by atoms with Crippen molar-refractivity contribution in [3.8, 4) is 28.7 Å². The number of benzene rings is 4. The molecule has 36 heavy (non-hydrogen) atoms. The van der Waals surface area contributed by atoms with Gasteiger partial charge in [-0.1, -0.05) is 66.4 Å². The number of nitrogens with zero attached hydrogens (tertiary/aromatic N) is 2. The first-order chi connectivity index (χ1) is 17.8. The Morgan fingerprint density at radius 3 is 2.44 bits per heavy atom. The van der Waals surface area contributed by atoms with Crippen molar-refractivity contribution in [3.63, 3.8) is 0 Å². The maximum Gasteiger partial charge on any atom is 0.0541 e. The van der Waals surface area contributed by atoms with Gasteiger partial charge in [0.1, 0.15) is 0 Å². The smallest absolute Gasteiger partial charge is 0.0541 e. The van der Waals surface area contributed by atoms with Crippen molar-refractivity contribution in [3.05, 3.63) is 133 Å². The predicted molar refractivity (Wildman–Crippen MR) is 152 cm³/mol. The Morgan fingerprint density at radius 2 is 1.56 bits per heavy atom. The molecule has 0 spiro atoms. The van der Waals surface area contributed by atoms with Crippen LogP contribution in [0.15, 0.2) is 122 Å². The van der Waals surface area contributed by atoms with Crippen molar-refractivity contribution >= 4 is 42.4 Å². The minimum Gasteiger partial charge on any atom is -0.317 e. The van der Waals surface area contributed by atoms with E-state index in [0.717, 1.165) is 27.9 Å². The van der Waals surface area contributed by atoms with Gasteiger partial charge >= 0.3 is 0 Å². The molecule has 7 rings (SSSR count). The molecule has 3 heterocycles. The Balaban J connectivity index is 1.51. The van der Waals surface area contributed by atoms with Gasteiger partial charge in [0.2, 0.25) is 0 Å². The van der Waals surface area contributed by atoms with Crippen LogP contribution in [0.5, 0.6) is 0 Å². The van der Waals surface area contributed by atoms with Crippen molar-refractivity contribution in [2.45, 2.75) is 0 Å². The molecule has 0 saturated carbocycles. The molecule has 0 amide bonds. The summed E-state index contributed by atoms with van der Waals surface area (Å²) in [6.07, 6.45) is 5.73. The lowest BCUT2D eigenvalue weighted by Crippen LogP contribution is -1.93. The van der Waals surface area contributed by atoms with Gasteiger partial charge in [0.05, 0.1) is 5.52 Å². The summed E-state index contributed by atoms with van der Waals surface area (Å²) in [6, 6.07) is 36.3. The highest BCUT2D eigenvalue weighted by molar-refractivity contribution is 7.26. The van der Waals surface area contributed by atoms with Crippen LogP contribution in [0.2, 0.25) is 0 Å². The number of rotatable bonds is 2. The Kier molecular flexibility index (Phi) is 4.91. The summed E-state index contributed by atoms with van der Waals surface area (Å²) in [5.41, 5.74) is 6.57. The summed E-state index contributed by atoms with van der Waals surface area (Å²) in [6.45, 7) is 0. The summed E-state index contributed by atoms with van der Waals surface area (Å²) in [5, 5.41) is 3.79. The zero-order valence-corrected chi connectivity index (χ0v) is 20.2. The van der Waals surface area contributed by atoms with Crippen molar-refractivity contribution in [1.82, 2.24) is 9.55 Å². The molecular weight excluding hydrogens is 456 g/mol. The van der Waals surface area contributed by atoms with Gasteiger partial charge in [0.15, 0.2) is 0 Å². The number of para-hydroxylation sites is 1. The number of fused-ring (bicyclic) bond motifs is 4. The van der Waals surface area contributed by atoms with Crippen molar-refractivity contribution in [2.75, 3.05) is 0 Å². The quantitative estimate of drug-likeness (QED) is 0.229. The van der Waals surface area contributed by atoms with Crippen molar-refractivity contribution in [1.29, 1.82) is 0 Å². The highest BCUT2D eigenvalue weighted by Crippen LogP contribution is 2.41. The first kappa shape index (κ1) is 20.7. The average molecular weight is 477 g/mol. The number of aromatic nitrogens is 2. The van der Waals surface area contributed by atoms with E-state index in [-0.39, 0.29) is 0 Å². The van der Waals surface area contributed by atoms with Gasteiger partial charge in [0, 0.05) is 66.5 Å². The molecule has 0 aliphatic carbocycles. The van der Waals surface area contributed by atoms with E-state index in [4.69, 9.17) is 0 Å². The molecule has 0 radical (unpaired) electrons. The van der Waals surface area contributed by atoms with E-state index in [1.54, 1.807) is 6.20 Å². The predicted octanol–water partition coefficient (Wildman–Crippen LogP) is 8.46. The van der Waals surface area contributed by atoms with Crippen molar-refractivity contribution in [2.24, 2.45) is 0 Å². The van der Waals surface area contributed by atoms with Crippen LogP contribution in [0.4, 0.5) is 0 Å². The molecule has 0 saturated heterocycles. The normalized spacial score (nSPS) is 11.1. The van der Waals surface area contributed by atoms with Crippen LogP contribution in [0.3, 0.4) is 0 Å². The van der Waals surface area contributed by atoms with Crippen LogP contribution in [0, 0.1) is 11.8 Å². The molecule has 4 aromatic carbocycles. The maximum atomic E-state index is 4.23. The molecule has 0 unspecified atom stereocenters. The second-order valence-corrected chi connectivity index (χ2v) is 9.80. The van der Waals surface area contributed by atoms with Gasteiger partial charge in [-0.2, -0.15) is 0 Å². The number of hydrogen-bond acceptors (Lipinski definition) is 2. The second-order valence-electron chi connectivity index (χ2n) is 8.75. The third kappa shape index (κ3) is 3.48. The average Bonchev–Trinajstić information content (AvgIpc) is 3.53. The lowest BCUT2D eigenvalue weighted by molar-refractivity contribution is 1.13. The lowest BCUT2D eigenvalue weighted by Gasteiger charge is -2.10. The fraction of sp³-hybridized carbons (Fsp3) is 0. The van der Waals surface area contributed by atoms with Crippen LogP contribution in [0.1, 0.15) is 11.1 Å². The van der Waals surface area contributed by atoms with Gasteiger partial charge < -0.3 is 4.57 Å². The molecule has 2 nitrogen and oxygen atoms in total. The maximum absolute atomic E-state index is 4.23. The van der Waals surface area contributed by atoms with E-state index in [1.807, 2.05) is 35.7 Å². The van der Waals surface area contributed by atoms with Crippen LogP contribution < -0.4 is 0 Å². The summed E-state index contributed by atoms with van der Waals surface area (Å²) in [7, 11) is 0. The largest absolute Gasteiger partial charge is 0.317 e. The van der Waals surface area contributed by atoms with E-state index in [0.29, 0.717) is 0 Å². The fourth-order valence-electron chi connectivity index (χ4n) is 4.86. The molecule has 0 aliphatic heterocycles. The minimum atomic E-state index is 0.905. The zero-order chi connectivity index (χ0) is 23.9. The SMILES string of the molecule is C(#Cc1cc2c(ccn2-c2ccccc2)cc1-c1cccc2c1sc1ccccc12)c1cccnc1. The van der Waals surface area contributed by atoms with Crippen LogP contribution in [0.25, 0.3) is 47.9 Å². The molecule has 0 aliphatic rings. The molecule has 0 atom stereocenters. The highest BCUT2D eigenvalue weighted by atomic mass is 32.1. The van der Waals surface area contributed by atoms with Crippen molar-refractivity contribution < 1.29 is 0 Å². The Labute approximate surface area is 213 Å². The van der Waals surface area contributed by atoms with Gasteiger partial charge in [-0.15, -0.1) is 11.3 Å². The van der Waals surface area contributed by atoms with Gasteiger partial charge in [0.25, 0.3) is 0 Å². The Bertz CT molecular complexity index is 1930. The van der Waals surface area contributed by atoms with Gasteiger partial charge in [-0.05, 0) is 54.1 Å². The van der Waals surface area contributed by atoms with E-state index >= 15 is 0 Å². The number of thiophene rings is 1. The fourth-order valence-corrected chi connectivity index (χ4v) is 6.09. The van der Waals surface area contributed by atoms with E-state index < -0.39 is 0 Å². The minimum absolute atomic E-state index is 0.905. The summed E-state index contributed by atoms with van der Waals surface area (Å²) in [4.78, 5) is 4.23. The molecule has 0 fully saturated rings. The van der Waals surface area contributed by atoms with Crippen LogP contribution in [-0.2, 0) is 0 Å². The van der Waals surface area contributed by atoms with Crippen LogP contribution >= 0.6 is 11.3 Å². The third-order valence-electron chi connectivity index (χ3n) is 6.56.